The predicted octanol–water partition coefficient (Wildman–Crippen LogP) is 5.30. The Morgan fingerprint density at radius 3 is 2.19 bits per heavy atom. The zero-order chi connectivity index (χ0) is 29.3. The number of methoxy groups -OCH3 is 1. The van der Waals surface area contributed by atoms with Gasteiger partial charge in [0.1, 0.15) is 11.6 Å². The lowest BCUT2D eigenvalue weighted by molar-refractivity contribution is 0.0615. The normalized spacial score (nSPS) is 20.2. The zero-order valence-electron chi connectivity index (χ0n) is 26.4. The van der Waals surface area contributed by atoms with Gasteiger partial charge in [0.15, 0.2) is 0 Å². The molecule has 234 valence electrons. The van der Waals surface area contributed by atoms with Gasteiger partial charge in [-0.25, -0.2) is 9.97 Å². The summed E-state index contributed by atoms with van der Waals surface area (Å²) in [5, 5.41) is 0. The maximum atomic E-state index is 5.49. The second-order valence-electron chi connectivity index (χ2n) is 13.7. The van der Waals surface area contributed by atoms with Crippen LogP contribution in [-0.4, -0.2) is 93.7 Å². The number of rotatable bonds is 14. The van der Waals surface area contributed by atoms with Gasteiger partial charge in [-0.3, -0.25) is 9.80 Å². The second kappa shape index (κ2) is 15.0. The second-order valence-corrected chi connectivity index (χ2v) is 13.7. The van der Waals surface area contributed by atoms with Gasteiger partial charge < -0.3 is 19.6 Å². The number of likely N-dealkylation sites (tertiary alicyclic amines) is 2. The molecule has 0 atom stereocenters. The van der Waals surface area contributed by atoms with Crippen LogP contribution in [0.1, 0.15) is 74.1 Å². The van der Waals surface area contributed by atoms with E-state index in [1.54, 1.807) is 7.11 Å². The number of hydrogen-bond acceptors (Lipinski definition) is 6. The molecule has 2 aromatic heterocycles. The number of benzene rings is 1. The lowest BCUT2D eigenvalue weighted by Gasteiger charge is -2.43. The topological polar surface area (TPSA) is 76.3 Å². The highest BCUT2D eigenvalue weighted by atomic mass is 16.5. The summed E-state index contributed by atoms with van der Waals surface area (Å²) < 4.78 is 5.49. The van der Waals surface area contributed by atoms with Crippen LogP contribution in [0.15, 0.2) is 49.1 Å². The third-order valence-corrected chi connectivity index (χ3v) is 10.5. The predicted molar refractivity (Wildman–Crippen MR) is 172 cm³/mol. The van der Waals surface area contributed by atoms with Gasteiger partial charge in [0, 0.05) is 83.5 Å². The maximum Gasteiger partial charge on any atom is 0.106 e. The molecule has 1 aromatic carbocycles. The molecule has 0 radical (unpaired) electrons. The SMILES string of the molecule is COCCN(Cc1ccc(CN2CCC3(CCN(C4CCCCC4)CC3)C2)cc1)CC(Cc1ncc[nH]1)Cc1ncc[nH]1. The first-order valence-electron chi connectivity index (χ1n) is 16.9. The number of hydrogen-bond donors (Lipinski definition) is 2. The number of H-pyrrole nitrogens is 2. The lowest BCUT2D eigenvalue weighted by atomic mass is 9.77. The van der Waals surface area contributed by atoms with Crippen LogP contribution in [0.5, 0.6) is 0 Å². The molecule has 2 aliphatic heterocycles. The summed E-state index contributed by atoms with van der Waals surface area (Å²) >= 11 is 0. The van der Waals surface area contributed by atoms with Crippen LogP contribution in [0, 0.1) is 11.3 Å². The van der Waals surface area contributed by atoms with E-state index in [2.05, 4.69) is 58.9 Å². The van der Waals surface area contributed by atoms with E-state index in [1.807, 2.05) is 24.8 Å². The van der Waals surface area contributed by atoms with Crippen molar-refractivity contribution in [1.29, 1.82) is 0 Å². The summed E-state index contributed by atoms with van der Waals surface area (Å²) in [6, 6.07) is 10.3. The quantitative estimate of drug-likeness (QED) is 0.267. The summed E-state index contributed by atoms with van der Waals surface area (Å²) in [4.78, 5) is 23.7. The molecule has 4 heterocycles. The van der Waals surface area contributed by atoms with Crippen molar-refractivity contribution in [2.75, 3.05) is 53.0 Å². The van der Waals surface area contributed by atoms with Crippen molar-refractivity contribution in [2.45, 2.75) is 83.3 Å². The van der Waals surface area contributed by atoms with Crippen LogP contribution in [0.3, 0.4) is 0 Å². The van der Waals surface area contributed by atoms with Crippen LogP contribution >= 0.6 is 0 Å². The fraction of sp³-hybridized carbons (Fsp3) is 0.657. The summed E-state index contributed by atoms with van der Waals surface area (Å²) in [6.45, 7) is 9.78. The molecule has 1 saturated carbocycles. The molecule has 6 rings (SSSR count). The number of imidazole rings is 2. The zero-order valence-corrected chi connectivity index (χ0v) is 26.4. The molecule has 3 aromatic rings. The molecule has 0 unspecified atom stereocenters. The molecule has 3 aliphatic rings. The van der Waals surface area contributed by atoms with Crippen molar-refractivity contribution in [3.63, 3.8) is 0 Å². The van der Waals surface area contributed by atoms with E-state index in [0.29, 0.717) is 11.3 Å². The first-order valence-corrected chi connectivity index (χ1v) is 16.9. The minimum Gasteiger partial charge on any atom is -0.383 e. The van der Waals surface area contributed by atoms with Crippen molar-refractivity contribution in [3.8, 4) is 0 Å². The minimum absolute atomic E-state index is 0.394. The van der Waals surface area contributed by atoms with Crippen molar-refractivity contribution in [1.82, 2.24) is 34.6 Å². The average molecular weight is 588 g/mol. The maximum absolute atomic E-state index is 5.49. The Kier molecular flexibility index (Phi) is 10.6. The van der Waals surface area contributed by atoms with Crippen molar-refractivity contribution < 1.29 is 4.74 Å². The summed E-state index contributed by atoms with van der Waals surface area (Å²) in [6.07, 6.45) is 20.7. The highest BCUT2D eigenvalue weighted by Crippen LogP contribution is 2.42. The Morgan fingerprint density at radius 1 is 0.907 bits per heavy atom. The van der Waals surface area contributed by atoms with Gasteiger partial charge in [0.2, 0.25) is 0 Å². The molecule has 3 fully saturated rings. The molecule has 1 aliphatic carbocycles. The smallest absolute Gasteiger partial charge is 0.106 e. The standard InChI is InChI=1S/C35H53N7O/c1-43-22-21-40(27-31(23-33-36-14-15-37-33)24-34-38-16-17-39-34)25-29-7-9-30(10-8-29)26-41-18-11-35(28-41)12-19-42(20-13-35)32-5-3-2-4-6-32/h7-10,14-17,31-32H,2-6,11-13,18-28H2,1H3,(H,36,37)(H,38,39). The number of nitrogens with zero attached hydrogens (tertiary/aromatic N) is 5. The Bertz CT molecular complexity index is 1150. The van der Waals surface area contributed by atoms with Crippen LogP contribution in [-0.2, 0) is 30.7 Å². The molecule has 0 bridgehead atoms. The number of piperidine rings is 1. The molecular weight excluding hydrogens is 534 g/mol. The Hall–Kier alpha value is -2.52. The van der Waals surface area contributed by atoms with Gasteiger partial charge in [-0.15, -0.1) is 0 Å². The van der Waals surface area contributed by atoms with Crippen LogP contribution < -0.4 is 0 Å². The molecule has 43 heavy (non-hydrogen) atoms. The van der Waals surface area contributed by atoms with Gasteiger partial charge in [-0.2, -0.15) is 0 Å². The van der Waals surface area contributed by atoms with E-state index in [9.17, 15) is 0 Å². The summed E-state index contributed by atoms with van der Waals surface area (Å²) in [5.41, 5.74) is 3.37. The third kappa shape index (κ3) is 8.56. The minimum atomic E-state index is 0.394. The van der Waals surface area contributed by atoms with Crippen molar-refractivity contribution >= 4 is 0 Å². The Balaban J connectivity index is 1.01. The molecular formula is C35H53N7O. The largest absolute Gasteiger partial charge is 0.383 e. The molecule has 2 saturated heterocycles. The van der Waals surface area contributed by atoms with E-state index in [-0.39, 0.29) is 0 Å². The van der Waals surface area contributed by atoms with Gasteiger partial charge in [-0.05, 0) is 74.2 Å². The van der Waals surface area contributed by atoms with Crippen molar-refractivity contribution in [3.05, 3.63) is 71.8 Å². The van der Waals surface area contributed by atoms with Crippen LogP contribution in [0.25, 0.3) is 0 Å². The van der Waals surface area contributed by atoms with E-state index in [1.165, 1.54) is 88.7 Å². The van der Waals surface area contributed by atoms with Crippen LogP contribution in [0.2, 0.25) is 0 Å². The molecule has 8 nitrogen and oxygen atoms in total. The number of ether oxygens (including phenoxy) is 1. The van der Waals surface area contributed by atoms with Crippen LogP contribution in [0.4, 0.5) is 0 Å². The van der Waals surface area contributed by atoms with Gasteiger partial charge in [0.05, 0.1) is 6.61 Å². The molecule has 1 spiro atoms. The van der Waals surface area contributed by atoms with E-state index >= 15 is 0 Å². The fourth-order valence-corrected chi connectivity index (χ4v) is 8.03. The first-order chi connectivity index (χ1) is 21.2. The molecule has 2 N–H and O–H groups in total. The highest BCUT2D eigenvalue weighted by molar-refractivity contribution is 5.23. The first kappa shape index (κ1) is 30.5. The summed E-state index contributed by atoms with van der Waals surface area (Å²) in [7, 11) is 1.79. The lowest BCUT2D eigenvalue weighted by Crippen LogP contribution is -2.46. The van der Waals surface area contributed by atoms with Gasteiger partial charge >= 0.3 is 0 Å². The molecule has 0 amide bonds. The van der Waals surface area contributed by atoms with E-state index < -0.39 is 0 Å². The number of nitrogens with one attached hydrogen (secondary N) is 2. The monoisotopic (exact) mass is 587 g/mol. The third-order valence-electron chi connectivity index (χ3n) is 10.5. The molecule has 8 heteroatoms. The summed E-state index contributed by atoms with van der Waals surface area (Å²) in [5.74, 6) is 2.46. The Morgan fingerprint density at radius 2 is 1.56 bits per heavy atom. The van der Waals surface area contributed by atoms with Crippen molar-refractivity contribution in [2.24, 2.45) is 11.3 Å². The Labute approximate surface area is 258 Å². The van der Waals surface area contributed by atoms with Gasteiger partial charge in [0.25, 0.3) is 0 Å². The van der Waals surface area contributed by atoms with E-state index in [4.69, 9.17) is 4.74 Å². The average Bonchev–Trinajstić information content (AvgIpc) is 3.82. The number of aromatic amines is 2. The number of aromatic nitrogens is 4. The fourth-order valence-electron chi connectivity index (χ4n) is 8.03. The highest BCUT2D eigenvalue weighted by Gasteiger charge is 2.41. The van der Waals surface area contributed by atoms with E-state index in [0.717, 1.165) is 63.3 Å². The van der Waals surface area contributed by atoms with Gasteiger partial charge in [-0.1, -0.05) is 43.5 Å².